The number of furan rings is 1. The predicted octanol–water partition coefficient (Wildman–Crippen LogP) is 2.32. The summed E-state index contributed by atoms with van der Waals surface area (Å²) in [5.74, 6) is 1.10. The zero-order valence-corrected chi connectivity index (χ0v) is 14.7. The van der Waals surface area contributed by atoms with Crippen LogP contribution in [0, 0.1) is 0 Å². The van der Waals surface area contributed by atoms with E-state index in [0.717, 1.165) is 12.0 Å². The van der Waals surface area contributed by atoms with Crippen molar-refractivity contribution < 1.29 is 9.15 Å². The van der Waals surface area contributed by atoms with Crippen molar-refractivity contribution in [3.8, 4) is 0 Å². The molecule has 0 aliphatic heterocycles. The number of aromatic nitrogens is 3. The van der Waals surface area contributed by atoms with E-state index in [0.29, 0.717) is 38.0 Å². The van der Waals surface area contributed by atoms with Crippen molar-refractivity contribution in [3.63, 3.8) is 0 Å². The molecule has 0 atom stereocenters. The Hall–Kier alpha value is -2.93. The van der Waals surface area contributed by atoms with Crippen LogP contribution >= 0.6 is 0 Å². The second-order valence-corrected chi connectivity index (χ2v) is 5.96. The number of hydrogen-bond donors (Lipinski definition) is 0. The van der Waals surface area contributed by atoms with Crippen LogP contribution in [0.2, 0.25) is 0 Å². The molecule has 0 saturated heterocycles. The van der Waals surface area contributed by atoms with Crippen molar-refractivity contribution >= 4 is 5.95 Å². The minimum atomic E-state index is -0.349. The third-order valence-electron chi connectivity index (χ3n) is 3.90. The molecule has 0 aliphatic carbocycles. The molecule has 0 unspecified atom stereocenters. The van der Waals surface area contributed by atoms with Gasteiger partial charge in [0.15, 0.2) is 0 Å². The Balaban J connectivity index is 1.45. The number of ether oxygens (including phenoxy) is 1. The van der Waals surface area contributed by atoms with Crippen molar-refractivity contribution in [2.75, 3.05) is 25.1 Å². The third-order valence-corrected chi connectivity index (χ3v) is 3.90. The van der Waals surface area contributed by atoms with E-state index in [1.165, 1.54) is 10.9 Å². The van der Waals surface area contributed by atoms with E-state index < -0.39 is 0 Å². The molecular weight excluding hydrogens is 332 g/mol. The van der Waals surface area contributed by atoms with Crippen LogP contribution in [0.4, 0.5) is 5.95 Å². The van der Waals surface area contributed by atoms with E-state index in [4.69, 9.17) is 9.15 Å². The van der Waals surface area contributed by atoms with Crippen LogP contribution in [0.15, 0.2) is 64.3 Å². The molecule has 0 saturated carbocycles. The molecule has 26 heavy (non-hydrogen) atoms. The molecule has 0 N–H and O–H groups in total. The molecule has 1 aromatic carbocycles. The normalized spacial score (nSPS) is 10.8. The highest BCUT2D eigenvalue weighted by Crippen LogP contribution is 2.05. The van der Waals surface area contributed by atoms with E-state index in [2.05, 4.69) is 9.97 Å². The summed E-state index contributed by atoms with van der Waals surface area (Å²) in [7, 11) is 1.86. The van der Waals surface area contributed by atoms with Gasteiger partial charge in [0.05, 0.1) is 19.4 Å². The SMILES string of the molecule is CN(CCCOCc1ccccc1)c1ncn(Cc2ccco2)c(=O)n1. The molecule has 7 nitrogen and oxygen atoms in total. The van der Waals surface area contributed by atoms with Gasteiger partial charge in [0.2, 0.25) is 5.95 Å². The van der Waals surface area contributed by atoms with Crippen LogP contribution in [-0.4, -0.2) is 34.7 Å². The highest BCUT2D eigenvalue weighted by atomic mass is 16.5. The average Bonchev–Trinajstić information content (AvgIpc) is 3.17. The van der Waals surface area contributed by atoms with Gasteiger partial charge < -0.3 is 14.1 Å². The van der Waals surface area contributed by atoms with Gasteiger partial charge in [-0.1, -0.05) is 30.3 Å². The van der Waals surface area contributed by atoms with Gasteiger partial charge in [-0.25, -0.2) is 9.78 Å². The maximum atomic E-state index is 12.1. The van der Waals surface area contributed by atoms with E-state index in [1.807, 2.05) is 48.3 Å². The second kappa shape index (κ2) is 8.96. The Morgan fingerprint density at radius 3 is 2.77 bits per heavy atom. The summed E-state index contributed by atoms with van der Waals surface area (Å²) in [6.45, 7) is 2.26. The summed E-state index contributed by atoms with van der Waals surface area (Å²) < 4.78 is 12.3. The van der Waals surface area contributed by atoms with Crippen LogP contribution in [0.3, 0.4) is 0 Å². The average molecular weight is 354 g/mol. The highest BCUT2D eigenvalue weighted by Gasteiger charge is 2.08. The van der Waals surface area contributed by atoms with Crippen molar-refractivity contribution in [1.29, 1.82) is 0 Å². The molecule has 0 radical (unpaired) electrons. The fourth-order valence-electron chi connectivity index (χ4n) is 2.48. The lowest BCUT2D eigenvalue weighted by Crippen LogP contribution is -2.29. The molecule has 0 spiro atoms. The monoisotopic (exact) mass is 354 g/mol. The Labute approximate surface area is 151 Å². The maximum absolute atomic E-state index is 12.1. The lowest BCUT2D eigenvalue weighted by Gasteiger charge is -2.16. The number of nitrogens with zero attached hydrogens (tertiary/aromatic N) is 4. The Morgan fingerprint density at radius 2 is 2.04 bits per heavy atom. The van der Waals surface area contributed by atoms with E-state index in [9.17, 15) is 4.79 Å². The topological polar surface area (TPSA) is 73.4 Å². The fraction of sp³-hybridized carbons (Fsp3) is 0.316. The summed E-state index contributed by atoms with van der Waals surface area (Å²) in [6, 6.07) is 13.7. The van der Waals surface area contributed by atoms with E-state index >= 15 is 0 Å². The quantitative estimate of drug-likeness (QED) is 0.549. The van der Waals surface area contributed by atoms with Crippen LogP contribution in [0.5, 0.6) is 0 Å². The fourth-order valence-corrected chi connectivity index (χ4v) is 2.48. The molecule has 0 bridgehead atoms. The zero-order chi connectivity index (χ0) is 18.2. The Morgan fingerprint density at radius 1 is 1.19 bits per heavy atom. The van der Waals surface area contributed by atoms with Gasteiger partial charge in [-0.3, -0.25) is 4.57 Å². The molecule has 3 aromatic rings. The minimum Gasteiger partial charge on any atom is -0.467 e. The van der Waals surface area contributed by atoms with Gasteiger partial charge >= 0.3 is 5.69 Å². The van der Waals surface area contributed by atoms with Crippen LogP contribution < -0.4 is 10.6 Å². The second-order valence-electron chi connectivity index (χ2n) is 5.96. The van der Waals surface area contributed by atoms with Crippen LogP contribution in [0.25, 0.3) is 0 Å². The van der Waals surface area contributed by atoms with Gasteiger partial charge in [-0.05, 0) is 24.1 Å². The van der Waals surface area contributed by atoms with E-state index in [1.54, 1.807) is 12.3 Å². The predicted molar refractivity (Wildman–Crippen MR) is 98.1 cm³/mol. The first-order valence-corrected chi connectivity index (χ1v) is 8.51. The molecule has 0 fully saturated rings. The standard InChI is InChI=1S/C19H22N4O3/c1-22(10-6-11-25-14-16-7-3-2-4-8-16)18-20-15-23(19(24)21-18)13-17-9-5-12-26-17/h2-5,7-9,12,15H,6,10-11,13-14H2,1H3. The first-order chi connectivity index (χ1) is 12.7. The van der Waals surface area contributed by atoms with Crippen LogP contribution in [0.1, 0.15) is 17.7 Å². The Bertz CT molecular complexity index is 847. The molecular formula is C19H22N4O3. The summed E-state index contributed by atoms with van der Waals surface area (Å²) in [6.07, 6.45) is 3.89. The molecule has 3 rings (SSSR count). The molecule has 136 valence electrons. The van der Waals surface area contributed by atoms with Crippen LogP contribution in [-0.2, 0) is 17.9 Å². The van der Waals surface area contributed by atoms with Gasteiger partial charge in [-0.2, -0.15) is 4.98 Å². The first-order valence-electron chi connectivity index (χ1n) is 8.51. The summed E-state index contributed by atoms with van der Waals surface area (Å²) >= 11 is 0. The largest absolute Gasteiger partial charge is 0.467 e. The number of rotatable bonds is 9. The number of benzene rings is 1. The van der Waals surface area contributed by atoms with Crippen molar-refractivity contribution in [2.24, 2.45) is 0 Å². The smallest absolute Gasteiger partial charge is 0.352 e. The maximum Gasteiger partial charge on any atom is 0.352 e. The van der Waals surface area contributed by atoms with Crippen molar-refractivity contribution in [1.82, 2.24) is 14.5 Å². The lowest BCUT2D eigenvalue weighted by atomic mass is 10.2. The molecule has 0 aliphatic rings. The van der Waals surface area contributed by atoms with Gasteiger partial charge in [0.1, 0.15) is 12.1 Å². The lowest BCUT2D eigenvalue weighted by molar-refractivity contribution is 0.119. The van der Waals surface area contributed by atoms with E-state index in [-0.39, 0.29) is 5.69 Å². The molecule has 2 aromatic heterocycles. The zero-order valence-electron chi connectivity index (χ0n) is 14.7. The minimum absolute atomic E-state index is 0.323. The molecule has 7 heteroatoms. The summed E-state index contributed by atoms with van der Waals surface area (Å²) in [4.78, 5) is 22.3. The van der Waals surface area contributed by atoms with Gasteiger partial charge in [0, 0.05) is 20.2 Å². The number of hydrogen-bond acceptors (Lipinski definition) is 6. The Kier molecular flexibility index (Phi) is 6.16. The van der Waals surface area contributed by atoms with Crippen molar-refractivity contribution in [3.05, 3.63) is 76.9 Å². The summed E-state index contributed by atoms with van der Waals surface area (Å²) in [5.41, 5.74) is 0.808. The summed E-state index contributed by atoms with van der Waals surface area (Å²) in [5, 5.41) is 0. The number of anilines is 1. The molecule has 2 heterocycles. The third kappa shape index (κ3) is 5.03. The van der Waals surface area contributed by atoms with Crippen molar-refractivity contribution in [2.45, 2.75) is 19.6 Å². The van der Waals surface area contributed by atoms with Gasteiger partial charge in [-0.15, -0.1) is 0 Å². The van der Waals surface area contributed by atoms with Gasteiger partial charge in [0.25, 0.3) is 0 Å². The first kappa shape index (κ1) is 17.9. The molecule has 0 amide bonds. The highest BCUT2D eigenvalue weighted by molar-refractivity contribution is 5.25.